The van der Waals surface area contributed by atoms with Crippen molar-refractivity contribution in [2.24, 2.45) is 5.92 Å². The molecule has 0 bridgehead atoms. The average Bonchev–Trinajstić information content (AvgIpc) is 2.77. The standard InChI is InChI=1S/C25H31BrN2O4/c1-25(2,3)32-24(30)27-15-13-19(14-16-27)23(29)28(22-8-6-5-7-21(22)26)17-18-9-11-20(31-4)12-10-18/h5-12,19H,13-17H2,1-4H3. The lowest BCUT2D eigenvalue weighted by Gasteiger charge is -2.35. The number of methoxy groups -OCH3 is 1. The molecule has 6 nitrogen and oxygen atoms in total. The van der Waals surface area contributed by atoms with Crippen LogP contribution in [0.1, 0.15) is 39.2 Å². The smallest absolute Gasteiger partial charge is 0.410 e. The third-order valence-corrected chi connectivity index (χ3v) is 6.08. The average molecular weight is 503 g/mol. The van der Waals surface area contributed by atoms with Gasteiger partial charge in [-0.2, -0.15) is 0 Å². The van der Waals surface area contributed by atoms with Crippen LogP contribution in [0.5, 0.6) is 5.75 Å². The molecule has 0 unspecified atom stereocenters. The van der Waals surface area contributed by atoms with E-state index in [1.54, 1.807) is 12.0 Å². The van der Waals surface area contributed by atoms with E-state index in [0.717, 1.165) is 21.5 Å². The lowest BCUT2D eigenvalue weighted by atomic mass is 9.95. The largest absolute Gasteiger partial charge is 0.497 e. The number of hydrogen-bond donors (Lipinski definition) is 0. The van der Waals surface area contributed by atoms with Gasteiger partial charge in [0.05, 0.1) is 19.3 Å². The van der Waals surface area contributed by atoms with Crippen molar-refractivity contribution in [1.29, 1.82) is 0 Å². The first-order valence-corrected chi connectivity index (χ1v) is 11.6. The topological polar surface area (TPSA) is 59.1 Å². The number of likely N-dealkylation sites (tertiary alicyclic amines) is 1. The Hall–Kier alpha value is -2.54. The summed E-state index contributed by atoms with van der Waals surface area (Å²) in [7, 11) is 1.63. The Kier molecular flexibility index (Phi) is 7.82. The second-order valence-electron chi connectivity index (χ2n) is 8.97. The Bertz CT molecular complexity index is 932. The van der Waals surface area contributed by atoms with Crippen molar-refractivity contribution in [3.63, 3.8) is 0 Å². The third-order valence-electron chi connectivity index (χ3n) is 5.40. The molecular weight excluding hydrogens is 472 g/mol. The van der Waals surface area contributed by atoms with E-state index in [9.17, 15) is 9.59 Å². The molecule has 2 aromatic rings. The van der Waals surface area contributed by atoms with Crippen molar-refractivity contribution in [3.8, 4) is 5.75 Å². The highest BCUT2D eigenvalue weighted by molar-refractivity contribution is 9.10. The van der Waals surface area contributed by atoms with Crippen LogP contribution in [0, 0.1) is 5.92 Å². The van der Waals surface area contributed by atoms with E-state index in [2.05, 4.69) is 15.9 Å². The Labute approximate surface area is 198 Å². The van der Waals surface area contributed by atoms with Crippen LogP contribution in [0.25, 0.3) is 0 Å². The Balaban J connectivity index is 1.74. The molecule has 0 N–H and O–H groups in total. The lowest BCUT2D eigenvalue weighted by molar-refractivity contribution is -0.124. The monoisotopic (exact) mass is 502 g/mol. The van der Waals surface area contributed by atoms with E-state index in [1.807, 2.05) is 74.2 Å². The lowest BCUT2D eigenvalue weighted by Crippen LogP contribution is -2.45. The van der Waals surface area contributed by atoms with E-state index in [1.165, 1.54) is 0 Å². The SMILES string of the molecule is COc1ccc(CN(C(=O)C2CCN(C(=O)OC(C)(C)C)CC2)c2ccccc2Br)cc1. The van der Waals surface area contributed by atoms with E-state index < -0.39 is 5.60 Å². The maximum Gasteiger partial charge on any atom is 0.410 e. The molecule has 0 aromatic heterocycles. The molecule has 7 heteroatoms. The van der Waals surface area contributed by atoms with Gasteiger partial charge in [0, 0.05) is 23.5 Å². The quantitative estimate of drug-likeness (QED) is 0.530. The molecule has 1 saturated heterocycles. The van der Waals surface area contributed by atoms with Crippen molar-refractivity contribution >= 4 is 33.6 Å². The van der Waals surface area contributed by atoms with Gasteiger partial charge in [-0.1, -0.05) is 24.3 Å². The molecule has 0 saturated carbocycles. The number of carbonyl (C=O) groups is 2. The fraction of sp³-hybridized carbons (Fsp3) is 0.440. The van der Waals surface area contributed by atoms with Gasteiger partial charge in [0.2, 0.25) is 5.91 Å². The van der Waals surface area contributed by atoms with Crippen molar-refractivity contribution in [2.75, 3.05) is 25.1 Å². The number of halogens is 1. The molecule has 1 fully saturated rings. The number of amides is 2. The van der Waals surface area contributed by atoms with Gasteiger partial charge in [0.25, 0.3) is 0 Å². The van der Waals surface area contributed by atoms with Crippen LogP contribution in [-0.4, -0.2) is 42.7 Å². The van der Waals surface area contributed by atoms with Crippen molar-refractivity contribution < 1.29 is 19.1 Å². The number of rotatable bonds is 5. The molecule has 3 rings (SSSR count). The van der Waals surface area contributed by atoms with Crippen molar-refractivity contribution in [2.45, 2.75) is 45.8 Å². The van der Waals surface area contributed by atoms with Crippen LogP contribution < -0.4 is 9.64 Å². The van der Waals surface area contributed by atoms with Gasteiger partial charge in [0.1, 0.15) is 11.4 Å². The Morgan fingerprint density at radius 2 is 1.69 bits per heavy atom. The zero-order chi connectivity index (χ0) is 23.3. The molecule has 172 valence electrons. The minimum atomic E-state index is -0.529. The summed E-state index contributed by atoms with van der Waals surface area (Å²) in [6, 6.07) is 15.5. The number of para-hydroxylation sites is 1. The molecule has 32 heavy (non-hydrogen) atoms. The van der Waals surface area contributed by atoms with Crippen LogP contribution in [0.2, 0.25) is 0 Å². The summed E-state index contributed by atoms with van der Waals surface area (Å²) in [6.45, 7) is 7.05. The maximum absolute atomic E-state index is 13.6. The molecule has 2 aromatic carbocycles. The van der Waals surface area contributed by atoms with Crippen molar-refractivity contribution in [3.05, 3.63) is 58.6 Å². The number of anilines is 1. The number of hydrogen-bond acceptors (Lipinski definition) is 4. The number of ether oxygens (including phenoxy) is 2. The van der Waals surface area contributed by atoms with Gasteiger partial charge in [-0.25, -0.2) is 4.79 Å². The molecule has 1 aliphatic heterocycles. The van der Waals surface area contributed by atoms with Gasteiger partial charge in [-0.15, -0.1) is 0 Å². The van der Waals surface area contributed by atoms with Crippen LogP contribution >= 0.6 is 15.9 Å². The first-order chi connectivity index (χ1) is 15.2. The summed E-state index contributed by atoms with van der Waals surface area (Å²) in [5.41, 5.74) is 1.32. The van der Waals surface area contributed by atoms with Gasteiger partial charge in [-0.05, 0) is 79.4 Å². The molecular formula is C25H31BrN2O4. The second kappa shape index (κ2) is 10.4. The van der Waals surface area contributed by atoms with Gasteiger partial charge in [-0.3, -0.25) is 4.79 Å². The van der Waals surface area contributed by atoms with E-state index in [0.29, 0.717) is 32.5 Å². The molecule has 0 radical (unpaired) electrons. The highest BCUT2D eigenvalue weighted by Crippen LogP contribution is 2.31. The Morgan fingerprint density at radius 3 is 2.25 bits per heavy atom. The summed E-state index contributed by atoms with van der Waals surface area (Å²) in [6.07, 6.45) is 0.910. The molecule has 2 amide bonds. The fourth-order valence-corrected chi connectivity index (χ4v) is 4.22. The Morgan fingerprint density at radius 1 is 1.06 bits per heavy atom. The summed E-state index contributed by atoms with van der Waals surface area (Å²) in [5, 5.41) is 0. The zero-order valence-corrected chi connectivity index (χ0v) is 20.7. The van der Waals surface area contributed by atoms with Crippen LogP contribution in [0.4, 0.5) is 10.5 Å². The van der Waals surface area contributed by atoms with Gasteiger partial charge < -0.3 is 19.3 Å². The minimum absolute atomic E-state index is 0.0663. The summed E-state index contributed by atoms with van der Waals surface area (Å²) >= 11 is 3.60. The number of carbonyl (C=O) groups excluding carboxylic acids is 2. The van der Waals surface area contributed by atoms with Crippen LogP contribution in [0.15, 0.2) is 53.0 Å². The second-order valence-corrected chi connectivity index (χ2v) is 9.82. The van der Waals surface area contributed by atoms with E-state index >= 15 is 0 Å². The highest BCUT2D eigenvalue weighted by atomic mass is 79.9. The predicted molar refractivity (Wildman–Crippen MR) is 129 cm³/mol. The molecule has 1 heterocycles. The molecule has 1 aliphatic rings. The van der Waals surface area contributed by atoms with E-state index in [4.69, 9.17) is 9.47 Å². The van der Waals surface area contributed by atoms with Crippen LogP contribution in [-0.2, 0) is 16.1 Å². The first-order valence-electron chi connectivity index (χ1n) is 10.8. The summed E-state index contributed by atoms with van der Waals surface area (Å²) in [5.74, 6) is 0.692. The minimum Gasteiger partial charge on any atom is -0.497 e. The number of nitrogens with zero attached hydrogens (tertiary/aromatic N) is 2. The zero-order valence-electron chi connectivity index (χ0n) is 19.1. The number of piperidine rings is 1. The first kappa shape index (κ1) is 24.1. The summed E-state index contributed by atoms with van der Waals surface area (Å²) in [4.78, 5) is 29.5. The molecule has 0 atom stereocenters. The van der Waals surface area contributed by atoms with Gasteiger partial charge in [0.15, 0.2) is 0 Å². The van der Waals surface area contributed by atoms with Crippen molar-refractivity contribution in [1.82, 2.24) is 4.90 Å². The molecule has 0 spiro atoms. The third kappa shape index (κ3) is 6.25. The van der Waals surface area contributed by atoms with E-state index in [-0.39, 0.29) is 17.9 Å². The fourth-order valence-electron chi connectivity index (χ4n) is 3.72. The molecule has 0 aliphatic carbocycles. The van der Waals surface area contributed by atoms with Gasteiger partial charge >= 0.3 is 6.09 Å². The van der Waals surface area contributed by atoms with Crippen LogP contribution in [0.3, 0.4) is 0 Å². The normalized spacial score (nSPS) is 14.7. The highest BCUT2D eigenvalue weighted by Gasteiger charge is 2.33. The maximum atomic E-state index is 13.6. The summed E-state index contributed by atoms with van der Waals surface area (Å²) < 4.78 is 11.6. The number of benzene rings is 2. The predicted octanol–water partition coefficient (Wildman–Crippen LogP) is 5.64.